The summed E-state index contributed by atoms with van der Waals surface area (Å²) in [6.45, 7) is 2.34. The number of benzene rings is 1. The molecule has 0 atom stereocenters. The average molecular weight is 241 g/mol. The molecule has 1 heterocycles. The Balaban J connectivity index is 2.15. The first kappa shape index (κ1) is 12.3. The first-order valence-electron chi connectivity index (χ1n) is 5.94. The molecule has 1 aliphatic rings. The van der Waals surface area contributed by atoms with E-state index in [4.69, 9.17) is 0 Å². The minimum Gasteiger partial charge on any atom is -0.275 e. The van der Waals surface area contributed by atoms with Crippen molar-refractivity contribution in [1.29, 1.82) is 0 Å². The standard InChI is InChI=1S/C15H15NO2/c1-12(13-7-3-2-4-8-13)11-15(18)16-10-6-5-9-14(16)17/h2-5,7-9,11H,6,10H2,1H3. The van der Waals surface area contributed by atoms with Crippen molar-refractivity contribution in [2.24, 2.45) is 0 Å². The Morgan fingerprint density at radius 2 is 2.00 bits per heavy atom. The van der Waals surface area contributed by atoms with Gasteiger partial charge in [0.25, 0.3) is 11.8 Å². The van der Waals surface area contributed by atoms with E-state index >= 15 is 0 Å². The molecule has 0 N–H and O–H groups in total. The van der Waals surface area contributed by atoms with Crippen LogP contribution in [-0.2, 0) is 9.59 Å². The van der Waals surface area contributed by atoms with E-state index in [0.717, 1.165) is 17.6 Å². The highest BCUT2D eigenvalue weighted by molar-refractivity contribution is 6.07. The second-order valence-electron chi connectivity index (χ2n) is 4.21. The number of carbonyl (C=O) groups excluding carboxylic acids is 2. The van der Waals surface area contributed by atoms with Gasteiger partial charge < -0.3 is 0 Å². The molecular weight excluding hydrogens is 226 g/mol. The highest BCUT2D eigenvalue weighted by Gasteiger charge is 2.19. The summed E-state index contributed by atoms with van der Waals surface area (Å²) >= 11 is 0. The zero-order chi connectivity index (χ0) is 13.0. The topological polar surface area (TPSA) is 37.4 Å². The van der Waals surface area contributed by atoms with Crippen molar-refractivity contribution in [3.05, 3.63) is 54.1 Å². The van der Waals surface area contributed by atoms with Gasteiger partial charge in [0.15, 0.2) is 0 Å². The van der Waals surface area contributed by atoms with E-state index in [1.165, 1.54) is 17.1 Å². The third-order valence-electron chi connectivity index (χ3n) is 2.88. The van der Waals surface area contributed by atoms with Gasteiger partial charge in [-0.05, 0) is 30.6 Å². The molecule has 0 radical (unpaired) electrons. The van der Waals surface area contributed by atoms with E-state index in [-0.39, 0.29) is 11.8 Å². The number of rotatable bonds is 2. The number of carbonyl (C=O) groups is 2. The molecule has 1 aromatic rings. The van der Waals surface area contributed by atoms with Crippen molar-refractivity contribution in [2.45, 2.75) is 13.3 Å². The van der Waals surface area contributed by atoms with Crippen molar-refractivity contribution in [1.82, 2.24) is 4.90 Å². The van der Waals surface area contributed by atoms with Crippen LogP contribution in [0.2, 0.25) is 0 Å². The molecule has 0 saturated heterocycles. The van der Waals surface area contributed by atoms with Crippen LogP contribution in [-0.4, -0.2) is 23.3 Å². The van der Waals surface area contributed by atoms with Crippen LogP contribution >= 0.6 is 0 Å². The summed E-state index contributed by atoms with van der Waals surface area (Å²) < 4.78 is 0. The Morgan fingerprint density at radius 3 is 2.67 bits per heavy atom. The zero-order valence-electron chi connectivity index (χ0n) is 10.3. The Kier molecular flexibility index (Phi) is 3.72. The van der Waals surface area contributed by atoms with E-state index in [2.05, 4.69) is 0 Å². The molecular formula is C15H15NO2. The van der Waals surface area contributed by atoms with Crippen LogP contribution in [0.5, 0.6) is 0 Å². The third-order valence-corrected chi connectivity index (χ3v) is 2.88. The second kappa shape index (κ2) is 5.45. The van der Waals surface area contributed by atoms with E-state index < -0.39 is 0 Å². The number of hydrogen-bond acceptors (Lipinski definition) is 2. The summed E-state index contributed by atoms with van der Waals surface area (Å²) in [4.78, 5) is 24.8. The molecule has 2 rings (SSSR count). The van der Waals surface area contributed by atoms with Gasteiger partial charge in [0.1, 0.15) is 0 Å². The molecule has 0 fully saturated rings. The fourth-order valence-corrected chi connectivity index (χ4v) is 1.85. The molecule has 1 aromatic carbocycles. The molecule has 0 bridgehead atoms. The smallest absolute Gasteiger partial charge is 0.253 e. The molecule has 0 unspecified atom stereocenters. The lowest BCUT2D eigenvalue weighted by Gasteiger charge is -2.20. The van der Waals surface area contributed by atoms with Gasteiger partial charge in [0, 0.05) is 12.6 Å². The lowest BCUT2D eigenvalue weighted by atomic mass is 10.1. The van der Waals surface area contributed by atoms with Gasteiger partial charge in [-0.25, -0.2) is 0 Å². The highest BCUT2D eigenvalue weighted by atomic mass is 16.2. The largest absolute Gasteiger partial charge is 0.275 e. The van der Waals surface area contributed by atoms with E-state index in [9.17, 15) is 9.59 Å². The molecule has 0 spiro atoms. The lowest BCUT2D eigenvalue weighted by Crippen LogP contribution is -2.37. The van der Waals surface area contributed by atoms with Crippen LogP contribution in [0.25, 0.3) is 5.57 Å². The molecule has 0 saturated carbocycles. The quantitative estimate of drug-likeness (QED) is 0.746. The van der Waals surface area contributed by atoms with Gasteiger partial charge in [-0.2, -0.15) is 0 Å². The maximum absolute atomic E-state index is 12.0. The van der Waals surface area contributed by atoms with E-state index in [1.54, 1.807) is 6.08 Å². The molecule has 18 heavy (non-hydrogen) atoms. The fourth-order valence-electron chi connectivity index (χ4n) is 1.85. The van der Waals surface area contributed by atoms with Crippen molar-refractivity contribution in [2.75, 3.05) is 6.54 Å². The summed E-state index contributed by atoms with van der Waals surface area (Å²) in [7, 11) is 0. The number of hydrogen-bond donors (Lipinski definition) is 0. The van der Waals surface area contributed by atoms with Gasteiger partial charge in [-0.15, -0.1) is 0 Å². The SMILES string of the molecule is CC(=CC(=O)N1CCC=CC1=O)c1ccccc1. The van der Waals surface area contributed by atoms with Crippen molar-refractivity contribution in [3.8, 4) is 0 Å². The predicted molar refractivity (Wildman–Crippen MR) is 70.6 cm³/mol. The maximum Gasteiger partial charge on any atom is 0.253 e. The average Bonchev–Trinajstić information content (AvgIpc) is 2.40. The molecule has 1 aliphatic heterocycles. The van der Waals surface area contributed by atoms with E-state index in [0.29, 0.717) is 6.54 Å². The Labute approximate surface area is 106 Å². The van der Waals surface area contributed by atoms with Gasteiger partial charge in [-0.3, -0.25) is 14.5 Å². The Bertz CT molecular complexity index is 515. The van der Waals surface area contributed by atoms with Crippen LogP contribution in [0.15, 0.2) is 48.6 Å². The monoisotopic (exact) mass is 241 g/mol. The van der Waals surface area contributed by atoms with Gasteiger partial charge in [-0.1, -0.05) is 36.4 Å². The predicted octanol–water partition coefficient (Wildman–Crippen LogP) is 2.41. The summed E-state index contributed by atoms with van der Waals surface area (Å²) in [6, 6.07) is 9.66. The molecule has 3 nitrogen and oxygen atoms in total. The number of nitrogens with zero attached hydrogens (tertiary/aromatic N) is 1. The first-order chi connectivity index (χ1) is 8.68. The lowest BCUT2D eigenvalue weighted by molar-refractivity contribution is -0.139. The summed E-state index contributed by atoms with van der Waals surface area (Å²) in [5, 5.41) is 0. The van der Waals surface area contributed by atoms with Crippen LogP contribution in [0.1, 0.15) is 18.9 Å². The zero-order valence-corrected chi connectivity index (χ0v) is 10.3. The van der Waals surface area contributed by atoms with E-state index in [1.807, 2.05) is 37.3 Å². The minimum absolute atomic E-state index is 0.233. The van der Waals surface area contributed by atoms with Gasteiger partial charge in [0.2, 0.25) is 0 Å². The normalized spacial score (nSPS) is 15.9. The maximum atomic E-state index is 12.0. The Morgan fingerprint density at radius 1 is 1.28 bits per heavy atom. The summed E-state index contributed by atoms with van der Waals surface area (Å²) in [6.07, 6.45) is 5.50. The molecule has 0 aliphatic carbocycles. The molecule has 2 amide bonds. The van der Waals surface area contributed by atoms with Gasteiger partial charge >= 0.3 is 0 Å². The van der Waals surface area contributed by atoms with Crippen LogP contribution in [0, 0.1) is 0 Å². The summed E-state index contributed by atoms with van der Waals surface area (Å²) in [5.74, 6) is -0.478. The third kappa shape index (κ3) is 2.74. The number of imide groups is 1. The molecule has 92 valence electrons. The summed E-state index contributed by atoms with van der Waals surface area (Å²) in [5.41, 5.74) is 1.86. The van der Waals surface area contributed by atoms with Crippen LogP contribution < -0.4 is 0 Å². The van der Waals surface area contributed by atoms with Gasteiger partial charge in [0.05, 0.1) is 0 Å². The second-order valence-corrected chi connectivity index (χ2v) is 4.21. The Hall–Kier alpha value is -2.16. The van der Waals surface area contributed by atoms with Crippen molar-refractivity contribution in [3.63, 3.8) is 0 Å². The first-order valence-corrected chi connectivity index (χ1v) is 5.94. The molecule has 3 heteroatoms. The number of allylic oxidation sites excluding steroid dienone is 1. The van der Waals surface area contributed by atoms with Crippen LogP contribution in [0.3, 0.4) is 0 Å². The number of amides is 2. The fraction of sp³-hybridized carbons (Fsp3) is 0.200. The van der Waals surface area contributed by atoms with Crippen molar-refractivity contribution < 1.29 is 9.59 Å². The minimum atomic E-state index is -0.245. The molecule has 0 aromatic heterocycles. The van der Waals surface area contributed by atoms with Crippen LogP contribution in [0.4, 0.5) is 0 Å². The van der Waals surface area contributed by atoms with Crippen molar-refractivity contribution >= 4 is 17.4 Å². The highest BCUT2D eigenvalue weighted by Crippen LogP contribution is 2.14.